The van der Waals surface area contributed by atoms with Crippen LogP contribution in [0.4, 0.5) is 0 Å². The summed E-state index contributed by atoms with van der Waals surface area (Å²) < 4.78 is 0. The summed E-state index contributed by atoms with van der Waals surface area (Å²) in [5.74, 6) is 0.861. The largest absolute Gasteiger partial charge is 0.302 e. The Kier molecular flexibility index (Phi) is 2.90. The fourth-order valence-corrected chi connectivity index (χ4v) is 2.15. The van der Waals surface area contributed by atoms with Crippen molar-refractivity contribution in [2.45, 2.75) is 25.3 Å². The average Bonchev–Trinajstić information content (AvgIpc) is 2.06. The highest BCUT2D eigenvalue weighted by molar-refractivity contribution is 5.85. The number of fused-ring (bicyclic) bond motifs is 3. The Morgan fingerprint density at radius 3 is 2.18 bits per heavy atom. The molecule has 0 aromatic carbocycles. The first-order valence-electron chi connectivity index (χ1n) is 4.09. The fraction of sp³-hybridized carbons (Fsp3) is 0.875. The Labute approximate surface area is 73.4 Å². The van der Waals surface area contributed by atoms with Crippen LogP contribution in [0.3, 0.4) is 0 Å². The summed E-state index contributed by atoms with van der Waals surface area (Å²) in [7, 11) is 0. The van der Waals surface area contributed by atoms with Crippen LogP contribution in [0.25, 0.3) is 0 Å². The van der Waals surface area contributed by atoms with E-state index in [4.69, 9.17) is 0 Å². The summed E-state index contributed by atoms with van der Waals surface area (Å²) in [5.41, 5.74) is 0. The summed E-state index contributed by atoms with van der Waals surface area (Å²) in [6, 6.07) is 0.271. The van der Waals surface area contributed by atoms with Gasteiger partial charge < -0.3 is 4.79 Å². The predicted octanol–water partition coefficient (Wildman–Crippen LogP) is 1.09. The maximum atomic E-state index is 10.5. The van der Waals surface area contributed by atoms with Crippen molar-refractivity contribution in [3.8, 4) is 0 Å². The van der Waals surface area contributed by atoms with Crippen molar-refractivity contribution in [1.29, 1.82) is 0 Å². The second-order valence-electron chi connectivity index (χ2n) is 3.42. The van der Waals surface area contributed by atoms with Gasteiger partial charge in [-0.05, 0) is 38.3 Å². The molecule has 3 heteroatoms. The zero-order chi connectivity index (χ0) is 6.97. The Balaban J connectivity index is 0.000000605. The Morgan fingerprint density at radius 2 is 1.91 bits per heavy atom. The van der Waals surface area contributed by atoms with Crippen LogP contribution in [0.1, 0.15) is 19.3 Å². The predicted molar refractivity (Wildman–Crippen MR) is 46.0 cm³/mol. The second-order valence-corrected chi connectivity index (χ2v) is 3.42. The molecule has 1 unspecified atom stereocenters. The second kappa shape index (κ2) is 3.55. The summed E-state index contributed by atoms with van der Waals surface area (Å²) in [6.45, 7) is 2.32. The molecule has 2 nitrogen and oxygen atoms in total. The van der Waals surface area contributed by atoms with E-state index in [9.17, 15) is 4.79 Å². The molecule has 1 atom stereocenters. The molecule has 0 aromatic heterocycles. The van der Waals surface area contributed by atoms with Crippen molar-refractivity contribution in [2.24, 2.45) is 5.92 Å². The maximum Gasteiger partial charge on any atom is 0.137 e. The van der Waals surface area contributed by atoms with Crippen LogP contribution in [-0.4, -0.2) is 30.3 Å². The minimum Gasteiger partial charge on any atom is -0.302 e. The summed E-state index contributed by atoms with van der Waals surface area (Å²) in [6.07, 6.45) is 4.89. The molecule has 2 bridgehead atoms. The van der Waals surface area contributed by atoms with Crippen molar-refractivity contribution in [1.82, 2.24) is 4.90 Å². The van der Waals surface area contributed by atoms with Gasteiger partial charge in [0.25, 0.3) is 0 Å². The van der Waals surface area contributed by atoms with Crippen LogP contribution in [0.5, 0.6) is 0 Å². The first-order valence-corrected chi connectivity index (χ1v) is 4.09. The van der Waals surface area contributed by atoms with E-state index in [1.807, 2.05) is 0 Å². The van der Waals surface area contributed by atoms with Crippen molar-refractivity contribution in [3.05, 3.63) is 0 Å². The molecule has 0 aliphatic carbocycles. The lowest BCUT2D eigenvalue weighted by atomic mass is 9.84. The van der Waals surface area contributed by atoms with Crippen LogP contribution in [0, 0.1) is 5.92 Å². The lowest BCUT2D eigenvalue weighted by molar-refractivity contribution is -0.116. The van der Waals surface area contributed by atoms with E-state index in [1.165, 1.54) is 12.8 Å². The van der Waals surface area contributed by atoms with E-state index in [1.54, 1.807) is 0 Å². The van der Waals surface area contributed by atoms with Gasteiger partial charge in [0.05, 0.1) is 6.04 Å². The number of hydrogen-bond acceptors (Lipinski definition) is 2. The van der Waals surface area contributed by atoms with Gasteiger partial charge in [-0.3, -0.25) is 4.90 Å². The third kappa shape index (κ3) is 1.57. The van der Waals surface area contributed by atoms with Crippen molar-refractivity contribution >= 4 is 18.7 Å². The van der Waals surface area contributed by atoms with Crippen molar-refractivity contribution < 1.29 is 4.79 Å². The molecule has 0 aromatic rings. The van der Waals surface area contributed by atoms with Crippen molar-refractivity contribution in [3.63, 3.8) is 0 Å². The van der Waals surface area contributed by atoms with Crippen LogP contribution in [0.15, 0.2) is 0 Å². The molecule has 3 fully saturated rings. The van der Waals surface area contributed by atoms with E-state index < -0.39 is 0 Å². The van der Waals surface area contributed by atoms with Gasteiger partial charge >= 0.3 is 0 Å². The minimum absolute atomic E-state index is 0. The Morgan fingerprint density at radius 1 is 1.27 bits per heavy atom. The summed E-state index contributed by atoms with van der Waals surface area (Å²) in [5, 5.41) is 0. The quantitative estimate of drug-likeness (QED) is 0.557. The molecule has 0 spiro atoms. The zero-order valence-corrected chi connectivity index (χ0v) is 7.35. The molecule has 3 rings (SSSR count). The monoisotopic (exact) mass is 175 g/mol. The number of aldehydes is 1. The normalized spacial score (nSPS) is 41.3. The molecule has 11 heavy (non-hydrogen) atoms. The van der Waals surface area contributed by atoms with Gasteiger partial charge in [-0.1, -0.05) is 0 Å². The number of carbonyl (C=O) groups excluding carboxylic acids is 1. The molecule has 3 heterocycles. The van der Waals surface area contributed by atoms with Crippen LogP contribution in [0.2, 0.25) is 0 Å². The van der Waals surface area contributed by atoms with Crippen LogP contribution in [-0.2, 0) is 4.79 Å². The molecule has 3 saturated heterocycles. The fourth-order valence-electron chi connectivity index (χ4n) is 2.15. The number of nitrogens with zero attached hydrogens (tertiary/aromatic N) is 1. The zero-order valence-electron chi connectivity index (χ0n) is 6.53. The highest BCUT2D eigenvalue weighted by Gasteiger charge is 2.32. The number of rotatable bonds is 1. The van der Waals surface area contributed by atoms with Gasteiger partial charge in [-0.25, -0.2) is 0 Å². The lowest BCUT2D eigenvalue weighted by Gasteiger charge is -2.42. The Hall–Kier alpha value is -0.0800. The van der Waals surface area contributed by atoms with E-state index in [0.29, 0.717) is 0 Å². The van der Waals surface area contributed by atoms with E-state index >= 15 is 0 Å². The maximum absolute atomic E-state index is 10.5. The smallest absolute Gasteiger partial charge is 0.137 e. The van der Waals surface area contributed by atoms with Crippen LogP contribution >= 0.6 is 12.4 Å². The van der Waals surface area contributed by atoms with Gasteiger partial charge in [0.15, 0.2) is 0 Å². The molecule has 3 aliphatic rings. The lowest BCUT2D eigenvalue weighted by Crippen LogP contribution is -2.49. The highest BCUT2D eigenvalue weighted by Crippen LogP contribution is 2.30. The van der Waals surface area contributed by atoms with Gasteiger partial charge in [-0.2, -0.15) is 0 Å². The third-order valence-electron chi connectivity index (χ3n) is 2.85. The molecule has 0 saturated carbocycles. The molecule has 0 radical (unpaired) electrons. The van der Waals surface area contributed by atoms with Crippen LogP contribution < -0.4 is 0 Å². The Bertz CT molecular complexity index is 143. The van der Waals surface area contributed by atoms with Gasteiger partial charge in [0, 0.05) is 0 Å². The first-order chi connectivity index (χ1) is 4.90. The number of carbonyl (C=O) groups is 1. The van der Waals surface area contributed by atoms with Gasteiger partial charge in [-0.15, -0.1) is 12.4 Å². The third-order valence-corrected chi connectivity index (χ3v) is 2.85. The first kappa shape index (κ1) is 9.01. The molecule has 64 valence electrons. The number of piperidine rings is 3. The molecular weight excluding hydrogens is 162 g/mol. The van der Waals surface area contributed by atoms with E-state index in [-0.39, 0.29) is 18.4 Å². The summed E-state index contributed by atoms with van der Waals surface area (Å²) in [4.78, 5) is 12.8. The SMILES string of the molecule is Cl.O=CC1CC2CCN1CC2. The van der Waals surface area contributed by atoms with E-state index in [2.05, 4.69) is 4.90 Å². The topological polar surface area (TPSA) is 20.3 Å². The summed E-state index contributed by atoms with van der Waals surface area (Å²) >= 11 is 0. The molecular formula is C8H14ClNO. The molecule has 0 N–H and O–H groups in total. The minimum atomic E-state index is 0. The number of halogens is 1. The average molecular weight is 176 g/mol. The molecule has 3 aliphatic heterocycles. The van der Waals surface area contributed by atoms with Crippen molar-refractivity contribution in [2.75, 3.05) is 13.1 Å². The van der Waals surface area contributed by atoms with Gasteiger partial charge in [0.2, 0.25) is 0 Å². The van der Waals surface area contributed by atoms with E-state index in [0.717, 1.165) is 31.7 Å². The standard InChI is InChI=1S/C8H13NO.ClH/c10-6-8-5-7-1-3-9(8)4-2-7;/h6-8H,1-5H2;1H. The molecule has 0 amide bonds. The highest BCUT2D eigenvalue weighted by atomic mass is 35.5. The van der Waals surface area contributed by atoms with Gasteiger partial charge in [0.1, 0.15) is 6.29 Å². The number of hydrogen-bond donors (Lipinski definition) is 0.